The number of benzene rings is 1. The van der Waals surface area contributed by atoms with Crippen molar-refractivity contribution < 1.29 is 4.79 Å². The lowest BCUT2D eigenvalue weighted by Crippen LogP contribution is -2.48. The molecule has 1 saturated heterocycles. The lowest BCUT2D eigenvalue weighted by Gasteiger charge is -2.31. The molecule has 1 heterocycles. The van der Waals surface area contributed by atoms with E-state index in [0.29, 0.717) is 6.54 Å². The molecule has 1 aliphatic rings. The van der Waals surface area contributed by atoms with Gasteiger partial charge >= 0.3 is 0 Å². The number of nitrogens with one attached hydrogen (secondary N) is 1. The third kappa shape index (κ3) is 5.43. The number of nitrogens with zero attached hydrogens (tertiary/aromatic N) is 1. The van der Waals surface area contributed by atoms with Gasteiger partial charge in [0.05, 0.1) is 6.04 Å². The molecular formula is C18H29N3O. The predicted molar refractivity (Wildman–Crippen MR) is 90.4 cm³/mol. The number of amides is 1. The van der Waals surface area contributed by atoms with Crippen LogP contribution in [-0.4, -0.2) is 36.5 Å². The second kappa shape index (κ2) is 9.59. The molecule has 0 aromatic heterocycles. The minimum absolute atomic E-state index is 0.0788. The summed E-state index contributed by atoms with van der Waals surface area (Å²) >= 11 is 0. The van der Waals surface area contributed by atoms with Crippen LogP contribution in [0.2, 0.25) is 0 Å². The molecule has 0 bridgehead atoms. The number of likely N-dealkylation sites (tertiary alicyclic amines) is 1. The van der Waals surface area contributed by atoms with Gasteiger partial charge in [-0.05, 0) is 44.2 Å². The molecule has 22 heavy (non-hydrogen) atoms. The average Bonchev–Trinajstić information content (AvgIpc) is 2.59. The van der Waals surface area contributed by atoms with Crippen LogP contribution in [0, 0.1) is 0 Å². The van der Waals surface area contributed by atoms with Gasteiger partial charge in [0.15, 0.2) is 0 Å². The van der Waals surface area contributed by atoms with E-state index in [-0.39, 0.29) is 11.9 Å². The molecule has 0 radical (unpaired) electrons. The second-order valence-electron chi connectivity index (χ2n) is 6.09. The first-order valence-corrected chi connectivity index (χ1v) is 8.57. The SMILES string of the molecule is NCCCCC(NCc1ccccc1)C(=O)N1CCCCC1. The Morgan fingerprint density at radius 2 is 1.86 bits per heavy atom. The van der Waals surface area contributed by atoms with Crippen LogP contribution in [0.4, 0.5) is 0 Å². The summed E-state index contributed by atoms with van der Waals surface area (Å²) in [4.78, 5) is 14.8. The summed E-state index contributed by atoms with van der Waals surface area (Å²) in [6.07, 6.45) is 6.39. The Bertz CT molecular complexity index is 429. The molecule has 1 aromatic carbocycles. The van der Waals surface area contributed by atoms with Crippen molar-refractivity contribution in [2.75, 3.05) is 19.6 Å². The molecular weight excluding hydrogens is 274 g/mol. The quantitative estimate of drug-likeness (QED) is 0.724. The van der Waals surface area contributed by atoms with E-state index >= 15 is 0 Å². The molecule has 1 fully saturated rings. The van der Waals surface area contributed by atoms with Crippen LogP contribution < -0.4 is 11.1 Å². The molecule has 0 spiro atoms. The molecule has 122 valence electrons. The van der Waals surface area contributed by atoms with E-state index < -0.39 is 0 Å². The Labute approximate surface area is 134 Å². The molecule has 1 aromatic rings. The first-order valence-electron chi connectivity index (χ1n) is 8.57. The molecule has 1 aliphatic heterocycles. The predicted octanol–water partition coefficient (Wildman–Crippen LogP) is 2.29. The highest BCUT2D eigenvalue weighted by atomic mass is 16.2. The van der Waals surface area contributed by atoms with Gasteiger partial charge in [-0.2, -0.15) is 0 Å². The monoisotopic (exact) mass is 303 g/mol. The largest absolute Gasteiger partial charge is 0.341 e. The lowest BCUT2D eigenvalue weighted by atomic mass is 10.0. The van der Waals surface area contributed by atoms with E-state index in [9.17, 15) is 4.79 Å². The number of rotatable bonds is 8. The molecule has 4 nitrogen and oxygen atoms in total. The molecule has 0 aliphatic carbocycles. The summed E-state index contributed by atoms with van der Waals surface area (Å²) < 4.78 is 0. The topological polar surface area (TPSA) is 58.4 Å². The fourth-order valence-corrected chi connectivity index (χ4v) is 2.98. The van der Waals surface area contributed by atoms with E-state index in [2.05, 4.69) is 17.4 Å². The van der Waals surface area contributed by atoms with Gasteiger partial charge in [0, 0.05) is 19.6 Å². The highest BCUT2D eigenvalue weighted by molar-refractivity contribution is 5.82. The van der Waals surface area contributed by atoms with Crippen molar-refractivity contribution in [1.29, 1.82) is 0 Å². The fourth-order valence-electron chi connectivity index (χ4n) is 2.98. The smallest absolute Gasteiger partial charge is 0.239 e. The number of piperidine rings is 1. The van der Waals surface area contributed by atoms with Gasteiger partial charge in [-0.1, -0.05) is 36.8 Å². The highest BCUT2D eigenvalue weighted by Gasteiger charge is 2.24. The molecule has 0 saturated carbocycles. The Morgan fingerprint density at radius 3 is 2.55 bits per heavy atom. The van der Waals surface area contributed by atoms with Gasteiger partial charge in [0.1, 0.15) is 0 Å². The molecule has 3 N–H and O–H groups in total. The zero-order valence-corrected chi connectivity index (χ0v) is 13.5. The Morgan fingerprint density at radius 1 is 1.14 bits per heavy atom. The maximum atomic E-state index is 12.7. The van der Waals surface area contributed by atoms with Crippen molar-refractivity contribution >= 4 is 5.91 Å². The van der Waals surface area contributed by atoms with E-state index in [4.69, 9.17) is 5.73 Å². The van der Waals surface area contributed by atoms with Crippen molar-refractivity contribution in [1.82, 2.24) is 10.2 Å². The van der Waals surface area contributed by atoms with Crippen LogP contribution in [-0.2, 0) is 11.3 Å². The highest BCUT2D eigenvalue weighted by Crippen LogP contribution is 2.13. The van der Waals surface area contributed by atoms with Crippen molar-refractivity contribution in [3.8, 4) is 0 Å². The Hall–Kier alpha value is -1.39. The molecule has 1 atom stereocenters. The van der Waals surface area contributed by atoms with E-state index in [1.807, 2.05) is 23.1 Å². The Balaban J connectivity index is 1.90. The van der Waals surface area contributed by atoms with Crippen LogP contribution in [0.5, 0.6) is 0 Å². The van der Waals surface area contributed by atoms with Crippen LogP contribution in [0.25, 0.3) is 0 Å². The number of hydrogen-bond acceptors (Lipinski definition) is 3. The van der Waals surface area contributed by atoms with Crippen LogP contribution >= 0.6 is 0 Å². The molecule has 1 amide bonds. The molecule has 2 rings (SSSR count). The van der Waals surface area contributed by atoms with Crippen molar-refractivity contribution in [2.45, 2.75) is 51.1 Å². The van der Waals surface area contributed by atoms with E-state index in [0.717, 1.165) is 51.7 Å². The summed E-state index contributed by atoms with van der Waals surface area (Å²) in [6, 6.07) is 10.2. The number of carbonyl (C=O) groups excluding carboxylic acids is 1. The number of hydrogen-bond donors (Lipinski definition) is 2. The van der Waals surface area contributed by atoms with E-state index in [1.54, 1.807) is 0 Å². The zero-order valence-electron chi connectivity index (χ0n) is 13.5. The minimum Gasteiger partial charge on any atom is -0.341 e. The normalized spacial score (nSPS) is 16.5. The summed E-state index contributed by atoms with van der Waals surface area (Å²) in [5.41, 5.74) is 6.80. The Kier molecular flexibility index (Phi) is 7.40. The van der Waals surface area contributed by atoms with Crippen LogP contribution in [0.15, 0.2) is 30.3 Å². The summed E-state index contributed by atoms with van der Waals surface area (Å²) in [6.45, 7) is 3.27. The van der Waals surface area contributed by atoms with Gasteiger partial charge in [-0.3, -0.25) is 4.79 Å². The van der Waals surface area contributed by atoms with Gasteiger partial charge in [0.25, 0.3) is 0 Å². The van der Waals surface area contributed by atoms with Crippen LogP contribution in [0.1, 0.15) is 44.1 Å². The van der Waals surface area contributed by atoms with E-state index in [1.165, 1.54) is 12.0 Å². The zero-order chi connectivity index (χ0) is 15.6. The number of carbonyl (C=O) groups is 1. The third-order valence-corrected chi connectivity index (χ3v) is 4.31. The summed E-state index contributed by atoms with van der Waals surface area (Å²) in [7, 11) is 0. The summed E-state index contributed by atoms with van der Waals surface area (Å²) in [5.74, 6) is 0.271. The van der Waals surface area contributed by atoms with Crippen molar-refractivity contribution in [3.63, 3.8) is 0 Å². The van der Waals surface area contributed by atoms with Gasteiger partial charge in [-0.25, -0.2) is 0 Å². The van der Waals surface area contributed by atoms with Crippen LogP contribution in [0.3, 0.4) is 0 Å². The lowest BCUT2D eigenvalue weighted by molar-refractivity contribution is -0.134. The standard InChI is InChI=1S/C18H29N3O/c19-12-6-5-11-17(18(22)21-13-7-2-8-14-21)20-15-16-9-3-1-4-10-16/h1,3-4,9-10,17,20H,2,5-8,11-15,19H2. The average molecular weight is 303 g/mol. The molecule has 1 unspecified atom stereocenters. The summed E-state index contributed by atoms with van der Waals surface area (Å²) in [5, 5.41) is 3.46. The first-order chi connectivity index (χ1) is 10.8. The number of unbranched alkanes of at least 4 members (excludes halogenated alkanes) is 1. The van der Waals surface area contributed by atoms with Crippen molar-refractivity contribution in [2.24, 2.45) is 5.73 Å². The minimum atomic E-state index is -0.0788. The fraction of sp³-hybridized carbons (Fsp3) is 0.611. The first kappa shape index (κ1) is 17.0. The van der Waals surface area contributed by atoms with Gasteiger partial charge in [-0.15, -0.1) is 0 Å². The second-order valence-corrected chi connectivity index (χ2v) is 6.09. The maximum Gasteiger partial charge on any atom is 0.239 e. The van der Waals surface area contributed by atoms with Gasteiger partial charge in [0.2, 0.25) is 5.91 Å². The maximum absolute atomic E-state index is 12.7. The number of nitrogens with two attached hydrogens (primary N) is 1. The van der Waals surface area contributed by atoms with Crippen molar-refractivity contribution in [3.05, 3.63) is 35.9 Å². The third-order valence-electron chi connectivity index (χ3n) is 4.31. The van der Waals surface area contributed by atoms with Gasteiger partial charge < -0.3 is 16.0 Å². The molecule has 4 heteroatoms.